The van der Waals surface area contributed by atoms with E-state index >= 15 is 0 Å². The van der Waals surface area contributed by atoms with Gasteiger partial charge in [0.25, 0.3) is 0 Å². The largest absolute Gasteiger partial charge is 0.370 e. The SMILES string of the molecule is C=C/C=C(\c1nc(-c2n[nH]c3cnc(-c4ccccn4)cc23)[nH]c1C)N1CCCCC1. The number of aromatic amines is 2. The van der Waals surface area contributed by atoms with Crippen molar-refractivity contribution in [2.45, 2.75) is 26.2 Å². The highest BCUT2D eigenvalue weighted by Gasteiger charge is 2.21. The Morgan fingerprint density at radius 2 is 2.00 bits per heavy atom. The molecule has 0 radical (unpaired) electrons. The van der Waals surface area contributed by atoms with Crippen molar-refractivity contribution in [3.63, 3.8) is 0 Å². The van der Waals surface area contributed by atoms with Crippen LogP contribution in [-0.2, 0) is 0 Å². The van der Waals surface area contributed by atoms with Gasteiger partial charge in [-0.15, -0.1) is 0 Å². The lowest BCUT2D eigenvalue weighted by atomic mass is 10.1. The number of hydrogen-bond donors (Lipinski definition) is 2. The quantitative estimate of drug-likeness (QED) is 0.464. The Hall–Kier alpha value is -3.74. The molecule has 0 atom stereocenters. The summed E-state index contributed by atoms with van der Waals surface area (Å²) in [6, 6.07) is 7.82. The Balaban J connectivity index is 1.56. The number of piperidine rings is 1. The predicted molar refractivity (Wildman–Crippen MR) is 123 cm³/mol. The van der Waals surface area contributed by atoms with Crippen LogP contribution in [0.5, 0.6) is 0 Å². The predicted octanol–water partition coefficient (Wildman–Crippen LogP) is 4.73. The molecule has 2 N–H and O–H groups in total. The van der Waals surface area contributed by atoms with Crippen molar-refractivity contribution >= 4 is 16.6 Å². The molecule has 1 aliphatic heterocycles. The zero-order chi connectivity index (χ0) is 21.2. The van der Waals surface area contributed by atoms with Crippen molar-refractivity contribution in [3.8, 4) is 22.9 Å². The fraction of sp³-hybridized carbons (Fsp3) is 0.250. The summed E-state index contributed by atoms with van der Waals surface area (Å²) in [5.41, 5.74) is 6.36. The molecular weight excluding hydrogens is 386 g/mol. The van der Waals surface area contributed by atoms with Gasteiger partial charge in [0.05, 0.1) is 28.8 Å². The summed E-state index contributed by atoms with van der Waals surface area (Å²) >= 11 is 0. The van der Waals surface area contributed by atoms with Gasteiger partial charge in [-0.2, -0.15) is 5.10 Å². The van der Waals surface area contributed by atoms with Crippen LogP contribution in [0.15, 0.2) is 55.4 Å². The zero-order valence-corrected chi connectivity index (χ0v) is 17.6. The van der Waals surface area contributed by atoms with Crippen LogP contribution in [0.1, 0.15) is 30.7 Å². The highest BCUT2D eigenvalue weighted by Crippen LogP contribution is 2.31. The van der Waals surface area contributed by atoms with E-state index < -0.39 is 0 Å². The van der Waals surface area contributed by atoms with Crippen LogP contribution < -0.4 is 0 Å². The van der Waals surface area contributed by atoms with Gasteiger partial charge < -0.3 is 9.88 Å². The normalized spacial score (nSPS) is 14.9. The lowest BCUT2D eigenvalue weighted by molar-refractivity contribution is 0.325. The van der Waals surface area contributed by atoms with Crippen molar-refractivity contribution in [3.05, 3.63) is 66.8 Å². The summed E-state index contributed by atoms with van der Waals surface area (Å²) in [4.78, 5) is 19.8. The summed E-state index contributed by atoms with van der Waals surface area (Å²) in [6.07, 6.45) is 11.2. The van der Waals surface area contributed by atoms with E-state index in [-0.39, 0.29) is 0 Å². The highest BCUT2D eigenvalue weighted by atomic mass is 15.2. The third kappa shape index (κ3) is 3.63. The number of nitrogens with zero attached hydrogens (tertiary/aromatic N) is 5. The van der Waals surface area contributed by atoms with E-state index in [0.29, 0.717) is 0 Å². The minimum atomic E-state index is 0.740. The lowest BCUT2D eigenvalue weighted by Gasteiger charge is -2.30. The van der Waals surface area contributed by atoms with Crippen LogP contribution in [0.4, 0.5) is 0 Å². The van der Waals surface area contributed by atoms with E-state index in [9.17, 15) is 0 Å². The molecule has 0 spiro atoms. The number of H-pyrrole nitrogens is 2. The summed E-state index contributed by atoms with van der Waals surface area (Å²) in [5, 5.41) is 8.58. The lowest BCUT2D eigenvalue weighted by Crippen LogP contribution is -2.28. The molecule has 1 aliphatic rings. The first-order valence-electron chi connectivity index (χ1n) is 10.6. The highest BCUT2D eigenvalue weighted by molar-refractivity contribution is 5.93. The average molecular weight is 412 g/mol. The summed E-state index contributed by atoms with van der Waals surface area (Å²) < 4.78 is 0. The number of imidazole rings is 1. The molecule has 5 heterocycles. The number of likely N-dealkylation sites (tertiary alicyclic amines) is 1. The molecule has 31 heavy (non-hydrogen) atoms. The molecule has 7 nitrogen and oxygen atoms in total. The summed E-state index contributed by atoms with van der Waals surface area (Å²) in [6.45, 7) is 8.07. The Labute approximate surface area is 181 Å². The van der Waals surface area contributed by atoms with Gasteiger partial charge in [0.15, 0.2) is 5.82 Å². The molecule has 0 aromatic carbocycles. The Morgan fingerprint density at radius 3 is 2.77 bits per heavy atom. The van der Waals surface area contributed by atoms with Crippen molar-refractivity contribution in [1.29, 1.82) is 0 Å². The fourth-order valence-corrected chi connectivity index (χ4v) is 4.15. The van der Waals surface area contributed by atoms with Gasteiger partial charge in [0.2, 0.25) is 0 Å². The topological polar surface area (TPSA) is 86.4 Å². The second kappa shape index (κ2) is 8.18. The molecule has 4 aromatic heterocycles. The van der Waals surface area contributed by atoms with E-state index in [1.807, 2.05) is 30.3 Å². The third-order valence-electron chi connectivity index (χ3n) is 5.70. The number of pyridine rings is 2. The van der Waals surface area contributed by atoms with E-state index in [1.165, 1.54) is 19.3 Å². The van der Waals surface area contributed by atoms with Crippen LogP contribution in [0.2, 0.25) is 0 Å². The number of allylic oxidation sites excluding steroid dienone is 2. The van der Waals surface area contributed by atoms with Crippen molar-refractivity contribution in [2.75, 3.05) is 13.1 Å². The molecule has 1 saturated heterocycles. The summed E-state index contributed by atoms with van der Waals surface area (Å²) in [7, 11) is 0. The van der Waals surface area contributed by atoms with Gasteiger partial charge in [-0.3, -0.25) is 15.1 Å². The monoisotopic (exact) mass is 411 g/mol. The van der Waals surface area contributed by atoms with Crippen LogP contribution in [0.25, 0.3) is 39.5 Å². The molecule has 0 unspecified atom stereocenters. The Kier molecular flexibility index (Phi) is 5.08. The molecule has 156 valence electrons. The van der Waals surface area contributed by atoms with E-state index in [2.05, 4.69) is 49.6 Å². The average Bonchev–Trinajstić information content (AvgIpc) is 3.41. The van der Waals surface area contributed by atoms with Gasteiger partial charge in [-0.05, 0) is 50.5 Å². The van der Waals surface area contributed by atoms with Gasteiger partial charge >= 0.3 is 0 Å². The summed E-state index contributed by atoms with van der Waals surface area (Å²) in [5.74, 6) is 0.740. The smallest absolute Gasteiger partial charge is 0.159 e. The Bertz CT molecular complexity index is 1240. The maximum Gasteiger partial charge on any atom is 0.159 e. The zero-order valence-electron chi connectivity index (χ0n) is 17.6. The number of fused-ring (bicyclic) bond motifs is 1. The second-order valence-electron chi connectivity index (χ2n) is 7.80. The van der Waals surface area contributed by atoms with Gasteiger partial charge in [0, 0.05) is 30.4 Å². The first-order chi connectivity index (χ1) is 15.2. The molecule has 5 rings (SSSR count). The maximum absolute atomic E-state index is 4.97. The van der Waals surface area contributed by atoms with Crippen molar-refractivity contribution in [1.82, 2.24) is 35.0 Å². The molecule has 4 aromatic rings. The minimum absolute atomic E-state index is 0.740. The van der Waals surface area contributed by atoms with Crippen LogP contribution in [-0.4, -0.2) is 48.1 Å². The minimum Gasteiger partial charge on any atom is -0.370 e. The van der Waals surface area contributed by atoms with E-state index in [4.69, 9.17) is 4.98 Å². The molecular formula is C24H25N7. The maximum atomic E-state index is 4.97. The van der Waals surface area contributed by atoms with Crippen LogP contribution >= 0.6 is 0 Å². The van der Waals surface area contributed by atoms with Crippen molar-refractivity contribution < 1.29 is 0 Å². The van der Waals surface area contributed by atoms with Gasteiger partial charge in [-0.1, -0.05) is 18.7 Å². The number of rotatable bonds is 5. The second-order valence-corrected chi connectivity index (χ2v) is 7.80. The van der Waals surface area contributed by atoms with E-state index in [0.717, 1.165) is 64.0 Å². The third-order valence-corrected chi connectivity index (χ3v) is 5.70. The first-order valence-corrected chi connectivity index (χ1v) is 10.6. The molecule has 7 heteroatoms. The van der Waals surface area contributed by atoms with Crippen LogP contribution in [0.3, 0.4) is 0 Å². The van der Waals surface area contributed by atoms with Crippen molar-refractivity contribution in [2.24, 2.45) is 0 Å². The molecule has 0 bridgehead atoms. The molecule has 0 saturated carbocycles. The molecule has 0 aliphatic carbocycles. The van der Waals surface area contributed by atoms with Crippen LogP contribution in [0, 0.1) is 6.92 Å². The Morgan fingerprint density at radius 1 is 1.13 bits per heavy atom. The number of aryl methyl sites for hydroxylation is 1. The fourth-order valence-electron chi connectivity index (χ4n) is 4.15. The number of nitrogens with one attached hydrogen (secondary N) is 2. The first kappa shape index (κ1) is 19.2. The van der Waals surface area contributed by atoms with Gasteiger partial charge in [-0.25, -0.2) is 4.98 Å². The van der Waals surface area contributed by atoms with E-state index in [1.54, 1.807) is 12.4 Å². The standard InChI is InChI=1S/C24H25N7/c1-3-9-21(31-12-7-4-8-13-31)22-16(2)27-24(28-22)23-17-14-19(18-10-5-6-11-25-18)26-15-20(17)29-30-23/h3,5-6,9-11,14-15H,1,4,7-8,12-13H2,2H3,(H,27,28)(H,29,30)/b21-9+. The van der Waals surface area contributed by atoms with Gasteiger partial charge in [0.1, 0.15) is 11.4 Å². The number of hydrogen-bond acceptors (Lipinski definition) is 5. The molecule has 0 amide bonds. The number of aromatic nitrogens is 6. The molecule has 1 fully saturated rings.